The molecule has 0 unspecified atom stereocenters. The number of alkyl halides is 3. The first kappa shape index (κ1) is 22.1. The van der Waals surface area contributed by atoms with Gasteiger partial charge >= 0.3 is 6.36 Å². The Bertz CT molecular complexity index is 1100. The van der Waals surface area contributed by atoms with Crippen LogP contribution in [0.15, 0.2) is 31.0 Å². The zero-order valence-electron chi connectivity index (χ0n) is 16.4. The number of nitrogens with zero attached hydrogens (tertiary/aromatic N) is 6. The zero-order chi connectivity index (χ0) is 22.8. The first-order valence-corrected chi connectivity index (χ1v) is 9.46. The van der Waals surface area contributed by atoms with Gasteiger partial charge in [-0.15, -0.1) is 13.2 Å². The number of ether oxygens (including phenoxy) is 1. The molecule has 0 spiro atoms. The molecule has 0 aliphatic rings. The molecule has 31 heavy (non-hydrogen) atoms. The molecule has 0 aliphatic heterocycles. The highest BCUT2D eigenvalue weighted by Crippen LogP contribution is 2.24. The van der Waals surface area contributed by atoms with E-state index < -0.39 is 24.1 Å². The van der Waals surface area contributed by atoms with Crippen LogP contribution in [0.4, 0.5) is 13.2 Å². The Morgan fingerprint density at radius 2 is 1.97 bits per heavy atom. The highest BCUT2D eigenvalue weighted by molar-refractivity contribution is 7.16. The van der Waals surface area contributed by atoms with Gasteiger partial charge in [-0.05, 0) is 13.0 Å². The zero-order valence-corrected chi connectivity index (χ0v) is 17.2. The molecule has 3 aromatic rings. The Hall–Kier alpha value is -3.55. The Balaban J connectivity index is 1.76. The van der Waals surface area contributed by atoms with Crippen LogP contribution < -0.4 is 10.1 Å². The first-order valence-electron chi connectivity index (χ1n) is 8.64. The van der Waals surface area contributed by atoms with Crippen molar-refractivity contribution in [3.63, 3.8) is 0 Å². The molecule has 3 rings (SSSR count). The van der Waals surface area contributed by atoms with Crippen LogP contribution in [0, 0.1) is 0 Å². The summed E-state index contributed by atoms with van der Waals surface area (Å²) in [6, 6.07) is 0.229. The minimum absolute atomic E-state index is 0.132. The summed E-state index contributed by atoms with van der Waals surface area (Å²) in [7, 11) is 3.23. The number of rotatable bonds is 6. The number of hydrogen-bond donors (Lipinski definition) is 1. The van der Waals surface area contributed by atoms with Gasteiger partial charge in [-0.1, -0.05) is 11.3 Å². The summed E-state index contributed by atoms with van der Waals surface area (Å²) in [5.74, 6) is -1.22. The molecule has 164 valence electrons. The van der Waals surface area contributed by atoms with Gasteiger partial charge in [0, 0.05) is 20.3 Å². The lowest BCUT2D eigenvalue weighted by molar-refractivity contribution is -0.274. The van der Waals surface area contributed by atoms with Crippen molar-refractivity contribution in [2.75, 3.05) is 14.1 Å². The first-order chi connectivity index (χ1) is 14.5. The summed E-state index contributed by atoms with van der Waals surface area (Å²) in [5.41, 5.74) is -0.132. The minimum atomic E-state index is -4.90. The van der Waals surface area contributed by atoms with Crippen molar-refractivity contribution in [3.05, 3.63) is 47.2 Å². The Labute approximate surface area is 177 Å². The Morgan fingerprint density at radius 1 is 1.23 bits per heavy atom. The van der Waals surface area contributed by atoms with Crippen LogP contribution in [0.25, 0.3) is 5.13 Å². The normalized spacial score (nSPS) is 12.3. The van der Waals surface area contributed by atoms with Gasteiger partial charge in [0.05, 0.1) is 24.0 Å². The van der Waals surface area contributed by atoms with E-state index in [2.05, 4.69) is 30.1 Å². The fourth-order valence-corrected chi connectivity index (χ4v) is 3.36. The topological polar surface area (TPSA) is 115 Å². The van der Waals surface area contributed by atoms with Crippen molar-refractivity contribution >= 4 is 23.2 Å². The highest BCUT2D eigenvalue weighted by Gasteiger charge is 2.31. The van der Waals surface area contributed by atoms with Gasteiger partial charge in [0.15, 0.2) is 5.82 Å². The Kier molecular flexibility index (Phi) is 6.19. The molecule has 2 amide bonds. The molecular weight excluding hydrogens is 439 g/mol. The van der Waals surface area contributed by atoms with E-state index in [0.29, 0.717) is 15.8 Å². The predicted octanol–water partition coefficient (Wildman–Crippen LogP) is 2.21. The monoisotopic (exact) mass is 455 g/mol. The highest BCUT2D eigenvalue weighted by atomic mass is 32.1. The maximum absolute atomic E-state index is 12.5. The van der Waals surface area contributed by atoms with E-state index in [4.69, 9.17) is 0 Å². The molecule has 1 N–H and O–H groups in total. The van der Waals surface area contributed by atoms with Crippen molar-refractivity contribution in [1.29, 1.82) is 0 Å². The molecule has 0 saturated carbocycles. The van der Waals surface area contributed by atoms with Gasteiger partial charge in [-0.3, -0.25) is 14.6 Å². The number of thiazole rings is 1. The Morgan fingerprint density at radius 3 is 2.65 bits per heavy atom. The minimum Gasteiger partial charge on any atom is -0.404 e. The lowest BCUT2D eigenvalue weighted by atomic mass is 10.2. The average molecular weight is 455 g/mol. The number of hydrogen-bond acceptors (Lipinski definition) is 8. The summed E-state index contributed by atoms with van der Waals surface area (Å²) >= 11 is 1.09. The van der Waals surface area contributed by atoms with Crippen molar-refractivity contribution in [2.24, 2.45) is 0 Å². The number of halogens is 3. The SMILES string of the molecule is C[C@H](NC(=O)c1cncc(OC(F)(F)F)c1)c1ncnn1-c1ncc(C(=O)N(C)C)s1. The second kappa shape index (κ2) is 8.67. The summed E-state index contributed by atoms with van der Waals surface area (Å²) in [6.45, 7) is 1.61. The van der Waals surface area contributed by atoms with Gasteiger partial charge in [0.2, 0.25) is 5.13 Å². The molecule has 0 aromatic carbocycles. The fraction of sp³-hybridized carbons (Fsp3) is 0.294. The fourth-order valence-electron chi connectivity index (χ4n) is 2.45. The quantitative estimate of drug-likeness (QED) is 0.606. The lowest BCUT2D eigenvalue weighted by Gasteiger charge is -2.14. The smallest absolute Gasteiger partial charge is 0.404 e. The number of pyridine rings is 1. The number of amides is 2. The molecule has 0 aliphatic carbocycles. The summed E-state index contributed by atoms with van der Waals surface area (Å²) in [5, 5.41) is 7.05. The van der Waals surface area contributed by atoms with Crippen LogP contribution in [-0.4, -0.2) is 61.9 Å². The van der Waals surface area contributed by atoms with Crippen molar-refractivity contribution in [1.82, 2.24) is 34.9 Å². The molecular formula is C17H16F3N7O3S. The maximum Gasteiger partial charge on any atom is 0.573 e. The van der Waals surface area contributed by atoms with E-state index in [1.165, 1.54) is 22.1 Å². The van der Waals surface area contributed by atoms with Crippen LogP contribution in [0.3, 0.4) is 0 Å². The van der Waals surface area contributed by atoms with E-state index in [9.17, 15) is 22.8 Å². The third-order valence-electron chi connectivity index (χ3n) is 3.81. The van der Waals surface area contributed by atoms with Gasteiger partial charge in [0.1, 0.15) is 17.0 Å². The van der Waals surface area contributed by atoms with Gasteiger partial charge in [-0.25, -0.2) is 9.97 Å². The molecule has 0 radical (unpaired) electrons. The van der Waals surface area contributed by atoms with E-state index >= 15 is 0 Å². The van der Waals surface area contributed by atoms with Crippen molar-refractivity contribution in [2.45, 2.75) is 19.3 Å². The van der Waals surface area contributed by atoms with E-state index in [1.54, 1.807) is 21.0 Å². The number of carbonyl (C=O) groups excluding carboxylic acids is 2. The molecule has 14 heteroatoms. The van der Waals surface area contributed by atoms with Crippen LogP contribution in [0.2, 0.25) is 0 Å². The molecule has 10 nitrogen and oxygen atoms in total. The molecule has 0 fully saturated rings. The van der Waals surface area contributed by atoms with E-state index in [1.807, 2.05) is 0 Å². The van der Waals surface area contributed by atoms with E-state index in [-0.39, 0.29) is 11.5 Å². The van der Waals surface area contributed by atoms with Crippen LogP contribution in [0.5, 0.6) is 5.75 Å². The number of aromatic nitrogens is 5. The van der Waals surface area contributed by atoms with Gasteiger partial charge in [-0.2, -0.15) is 9.78 Å². The molecule has 0 saturated heterocycles. The predicted molar refractivity (Wildman–Crippen MR) is 102 cm³/mol. The number of carbonyl (C=O) groups is 2. The molecule has 0 bridgehead atoms. The molecule has 1 atom stereocenters. The molecule has 3 heterocycles. The maximum atomic E-state index is 12.5. The number of nitrogens with one attached hydrogen (secondary N) is 1. The third-order valence-corrected chi connectivity index (χ3v) is 4.77. The van der Waals surface area contributed by atoms with Crippen LogP contribution >= 0.6 is 11.3 Å². The van der Waals surface area contributed by atoms with Gasteiger partial charge in [0.25, 0.3) is 11.8 Å². The standard InChI is InChI=1S/C17H16F3N7O3S/c1-9(25-14(28)10-4-11(6-21-5-10)30-17(18,19)20)13-23-8-24-27(13)16-22-7-12(31-16)15(29)26(2)3/h4-9H,1-3H3,(H,25,28)/t9-/m0/s1. The lowest BCUT2D eigenvalue weighted by Crippen LogP contribution is -2.29. The van der Waals surface area contributed by atoms with Gasteiger partial charge < -0.3 is 15.0 Å². The third kappa shape index (κ3) is 5.33. The summed E-state index contributed by atoms with van der Waals surface area (Å²) < 4.78 is 42.3. The molecule has 3 aromatic heterocycles. The summed E-state index contributed by atoms with van der Waals surface area (Å²) in [4.78, 5) is 38.2. The second-order valence-corrected chi connectivity index (χ2v) is 7.40. The van der Waals surface area contributed by atoms with Crippen LogP contribution in [0.1, 0.15) is 38.8 Å². The van der Waals surface area contributed by atoms with Crippen molar-refractivity contribution < 1.29 is 27.5 Å². The summed E-state index contributed by atoms with van der Waals surface area (Å²) in [6.07, 6.45) is -0.280. The van der Waals surface area contributed by atoms with Crippen molar-refractivity contribution in [3.8, 4) is 10.9 Å². The van der Waals surface area contributed by atoms with E-state index in [0.717, 1.165) is 29.8 Å². The van der Waals surface area contributed by atoms with Crippen LogP contribution in [-0.2, 0) is 0 Å². The largest absolute Gasteiger partial charge is 0.573 e. The average Bonchev–Trinajstić information content (AvgIpc) is 3.35. The second-order valence-electron chi connectivity index (χ2n) is 6.39.